The molecule has 1 aliphatic carbocycles. The second-order valence-corrected chi connectivity index (χ2v) is 7.33. The Hall–Kier alpha value is -1.49. The minimum Gasteiger partial charge on any atom is -0.387 e. The van der Waals surface area contributed by atoms with Gasteiger partial charge in [0, 0.05) is 28.2 Å². The van der Waals surface area contributed by atoms with Gasteiger partial charge in [-0.05, 0) is 42.5 Å². The summed E-state index contributed by atoms with van der Waals surface area (Å²) in [6, 6.07) is 8.18. The molecule has 0 saturated carbocycles. The topological polar surface area (TPSA) is 50.2 Å². The van der Waals surface area contributed by atoms with Gasteiger partial charge in [0.2, 0.25) is 0 Å². The molecule has 25 heavy (non-hydrogen) atoms. The van der Waals surface area contributed by atoms with E-state index in [-0.39, 0.29) is 36.4 Å². The number of nitrogens with zero attached hydrogens (tertiary/aromatic N) is 1. The summed E-state index contributed by atoms with van der Waals surface area (Å²) in [6.07, 6.45) is 0.780. The van der Waals surface area contributed by atoms with E-state index in [1.165, 1.54) is 12.3 Å². The zero-order chi connectivity index (χ0) is 18.2. The predicted octanol–water partition coefficient (Wildman–Crippen LogP) is 5.14. The quantitative estimate of drug-likeness (QED) is 0.796. The first-order valence-corrected chi connectivity index (χ1v) is 8.89. The van der Waals surface area contributed by atoms with Gasteiger partial charge in [0.25, 0.3) is 0 Å². The molecule has 132 valence electrons. The highest BCUT2D eigenvalue weighted by atomic mass is 35.5. The second-order valence-electron chi connectivity index (χ2n) is 6.49. The van der Waals surface area contributed by atoms with Gasteiger partial charge in [-0.1, -0.05) is 42.3 Å². The summed E-state index contributed by atoms with van der Waals surface area (Å²) >= 11 is 12.1. The molecular formula is C19H18Cl2FNO2. The molecule has 1 aliphatic rings. The maximum absolute atomic E-state index is 15.6. The molecule has 2 aromatic rings. The van der Waals surface area contributed by atoms with E-state index in [0.29, 0.717) is 10.0 Å². The summed E-state index contributed by atoms with van der Waals surface area (Å²) in [4.78, 5) is 16.9. The summed E-state index contributed by atoms with van der Waals surface area (Å²) in [5.74, 6) is -0.774. The summed E-state index contributed by atoms with van der Waals surface area (Å²) in [5, 5.41) is 11.0. The fourth-order valence-electron chi connectivity index (χ4n) is 3.37. The highest BCUT2D eigenvalue weighted by molar-refractivity contribution is 6.35. The molecule has 6 heteroatoms. The molecule has 0 amide bonds. The van der Waals surface area contributed by atoms with Crippen molar-refractivity contribution >= 4 is 29.0 Å². The molecule has 1 aromatic carbocycles. The number of aromatic nitrogens is 1. The molecule has 1 heterocycles. The van der Waals surface area contributed by atoms with Crippen LogP contribution in [0.5, 0.6) is 0 Å². The minimum atomic E-state index is -2.13. The second kappa shape index (κ2) is 7.02. The molecule has 0 radical (unpaired) electrons. The Labute approximate surface area is 155 Å². The van der Waals surface area contributed by atoms with Crippen LogP contribution in [0.25, 0.3) is 0 Å². The van der Waals surface area contributed by atoms with Crippen LogP contribution in [-0.4, -0.2) is 15.9 Å². The average molecular weight is 382 g/mol. The number of aliphatic hydroxyl groups excluding tert-OH is 1. The zero-order valence-electron chi connectivity index (χ0n) is 13.7. The zero-order valence-corrected chi connectivity index (χ0v) is 15.2. The largest absolute Gasteiger partial charge is 0.387 e. The van der Waals surface area contributed by atoms with Crippen LogP contribution in [0.1, 0.15) is 55.0 Å². The van der Waals surface area contributed by atoms with Crippen LogP contribution < -0.4 is 0 Å². The van der Waals surface area contributed by atoms with Crippen molar-refractivity contribution in [1.82, 2.24) is 4.98 Å². The van der Waals surface area contributed by atoms with E-state index in [4.69, 9.17) is 23.2 Å². The lowest BCUT2D eigenvalue weighted by atomic mass is 9.76. The standard InChI is InChI=1S/C19H18Cl2FNO2/c1-11(13-5-4-12(20)10-15(13)21)9-17(25)19(22)7-6-16(24)18-14(19)3-2-8-23-18/h2-5,8,10-11,16,24H,6-7,9H2,1H3/t11-,16+,19+/m0/s1. The minimum absolute atomic E-state index is 0.00226. The van der Waals surface area contributed by atoms with Crippen molar-refractivity contribution in [3.8, 4) is 0 Å². The fourth-order valence-corrected chi connectivity index (χ4v) is 3.96. The Morgan fingerprint density at radius 2 is 2.20 bits per heavy atom. The normalized spacial score (nSPS) is 23.8. The van der Waals surface area contributed by atoms with Crippen molar-refractivity contribution in [1.29, 1.82) is 0 Å². The molecule has 1 aromatic heterocycles. The summed E-state index contributed by atoms with van der Waals surface area (Å²) in [6.45, 7) is 1.83. The molecule has 0 spiro atoms. The van der Waals surface area contributed by atoms with Gasteiger partial charge in [-0.25, -0.2) is 4.39 Å². The van der Waals surface area contributed by atoms with Crippen molar-refractivity contribution in [3.05, 3.63) is 63.4 Å². The summed E-state index contributed by atoms with van der Waals surface area (Å²) < 4.78 is 15.6. The highest BCUT2D eigenvalue weighted by Crippen LogP contribution is 2.44. The smallest absolute Gasteiger partial charge is 0.195 e. The maximum Gasteiger partial charge on any atom is 0.195 e. The summed E-state index contributed by atoms with van der Waals surface area (Å²) in [5.41, 5.74) is -0.948. The Kier molecular flexibility index (Phi) is 5.14. The Morgan fingerprint density at radius 3 is 2.92 bits per heavy atom. The van der Waals surface area contributed by atoms with Gasteiger partial charge in [-0.15, -0.1) is 0 Å². The van der Waals surface area contributed by atoms with E-state index < -0.39 is 17.6 Å². The van der Waals surface area contributed by atoms with Crippen molar-refractivity contribution < 1.29 is 14.3 Å². The lowest BCUT2D eigenvalue weighted by molar-refractivity contribution is -0.133. The Morgan fingerprint density at radius 1 is 1.44 bits per heavy atom. The Bertz CT molecular complexity index is 814. The third-order valence-corrected chi connectivity index (χ3v) is 5.33. The van der Waals surface area contributed by atoms with Gasteiger partial charge in [-0.2, -0.15) is 0 Å². The number of pyridine rings is 1. The summed E-state index contributed by atoms with van der Waals surface area (Å²) in [7, 11) is 0. The predicted molar refractivity (Wildman–Crippen MR) is 95.7 cm³/mol. The van der Waals surface area contributed by atoms with Crippen LogP contribution in [0, 0.1) is 0 Å². The lowest BCUT2D eigenvalue weighted by Crippen LogP contribution is -2.37. The molecule has 0 unspecified atom stereocenters. The monoisotopic (exact) mass is 381 g/mol. The van der Waals surface area contributed by atoms with Crippen LogP contribution >= 0.6 is 23.2 Å². The van der Waals surface area contributed by atoms with Crippen LogP contribution in [-0.2, 0) is 10.5 Å². The molecule has 0 saturated heterocycles. The van der Waals surface area contributed by atoms with E-state index in [1.807, 2.05) is 6.92 Å². The number of hydrogen-bond acceptors (Lipinski definition) is 3. The van der Waals surface area contributed by atoms with Crippen molar-refractivity contribution in [2.75, 3.05) is 0 Å². The van der Waals surface area contributed by atoms with Crippen LogP contribution in [0.2, 0.25) is 10.0 Å². The van der Waals surface area contributed by atoms with Crippen molar-refractivity contribution in [3.63, 3.8) is 0 Å². The van der Waals surface area contributed by atoms with E-state index in [0.717, 1.165) is 5.56 Å². The molecule has 1 N–H and O–H groups in total. The number of alkyl halides is 1. The number of ketones is 1. The van der Waals surface area contributed by atoms with Crippen LogP contribution in [0.4, 0.5) is 4.39 Å². The first kappa shape index (κ1) is 18.3. The lowest BCUT2D eigenvalue weighted by Gasteiger charge is -2.33. The van der Waals surface area contributed by atoms with Gasteiger partial charge < -0.3 is 5.11 Å². The van der Waals surface area contributed by atoms with Gasteiger partial charge in [0.1, 0.15) is 0 Å². The fraction of sp³-hybridized carbons (Fsp3) is 0.368. The van der Waals surface area contributed by atoms with Crippen molar-refractivity contribution in [2.24, 2.45) is 0 Å². The number of benzene rings is 1. The van der Waals surface area contributed by atoms with Crippen LogP contribution in [0.3, 0.4) is 0 Å². The first-order chi connectivity index (χ1) is 11.8. The van der Waals surface area contributed by atoms with Gasteiger partial charge >= 0.3 is 0 Å². The van der Waals surface area contributed by atoms with Gasteiger partial charge in [0.05, 0.1) is 11.8 Å². The average Bonchev–Trinajstić information content (AvgIpc) is 2.58. The number of halogens is 3. The molecular weight excluding hydrogens is 364 g/mol. The SMILES string of the molecule is C[C@@H](CC(=O)[C@@]1(F)CC[C@@H](O)c2ncccc21)c1ccc(Cl)cc1Cl. The van der Waals surface area contributed by atoms with Gasteiger partial charge in [0.15, 0.2) is 11.5 Å². The maximum atomic E-state index is 15.6. The van der Waals surface area contributed by atoms with Crippen LogP contribution in [0.15, 0.2) is 36.5 Å². The van der Waals surface area contributed by atoms with Gasteiger partial charge in [-0.3, -0.25) is 9.78 Å². The van der Waals surface area contributed by atoms with E-state index >= 15 is 4.39 Å². The number of fused-ring (bicyclic) bond motifs is 1. The van der Waals surface area contributed by atoms with E-state index in [9.17, 15) is 9.90 Å². The third kappa shape index (κ3) is 3.43. The highest BCUT2D eigenvalue weighted by Gasteiger charge is 2.46. The molecule has 3 rings (SSSR count). The number of aliphatic hydroxyl groups is 1. The third-order valence-electron chi connectivity index (χ3n) is 4.77. The number of Topliss-reactive ketones (excluding diaryl/α,β-unsaturated/α-hetero) is 1. The molecule has 0 bridgehead atoms. The number of carbonyl (C=O) groups excluding carboxylic acids is 1. The molecule has 3 atom stereocenters. The molecule has 3 nitrogen and oxygen atoms in total. The first-order valence-electron chi connectivity index (χ1n) is 8.13. The van der Waals surface area contributed by atoms with Crippen molar-refractivity contribution in [2.45, 2.75) is 43.9 Å². The molecule has 0 fully saturated rings. The molecule has 0 aliphatic heterocycles. The number of carbonyl (C=O) groups is 1. The van der Waals surface area contributed by atoms with E-state index in [2.05, 4.69) is 4.98 Å². The Balaban J connectivity index is 1.87. The number of rotatable bonds is 4. The van der Waals surface area contributed by atoms with E-state index in [1.54, 1.807) is 24.3 Å². The number of hydrogen-bond donors (Lipinski definition) is 1.